The summed E-state index contributed by atoms with van der Waals surface area (Å²) in [7, 11) is 0. The highest BCUT2D eigenvalue weighted by Gasteiger charge is 2.28. The topological polar surface area (TPSA) is 72.9 Å². The molecule has 1 saturated heterocycles. The number of nitrogens with zero attached hydrogens (tertiary/aromatic N) is 2. The van der Waals surface area contributed by atoms with Crippen molar-refractivity contribution in [2.75, 3.05) is 26.2 Å². The SMILES string of the molecule is CCC(C)N1CCN(C(=O)N[C@H](C(=O)O)C(C)C)CC1. The highest BCUT2D eigenvalue weighted by molar-refractivity contribution is 5.82. The Morgan fingerprint density at radius 1 is 1.15 bits per heavy atom. The maximum absolute atomic E-state index is 12.1. The van der Waals surface area contributed by atoms with Gasteiger partial charge in [-0.05, 0) is 19.3 Å². The second-order valence-electron chi connectivity index (χ2n) is 5.79. The molecule has 1 heterocycles. The van der Waals surface area contributed by atoms with Crippen molar-refractivity contribution in [3.05, 3.63) is 0 Å². The molecular formula is C14H27N3O3. The molecule has 2 N–H and O–H groups in total. The van der Waals surface area contributed by atoms with Gasteiger partial charge in [-0.3, -0.25) is 4.90 Å². The lowest BCUT2D eigenvalue weighted by Gasteiger charge is -2.38. The van der Waals surface area contributed by atoms with E-state index in [0.29, 0.717) is 19.1 Å². The molecule has 0 aromatic heterocycles. The molecule has 1 aliphatic heterocycles. The summed E-state index contributed by atoms with van der Waals surface area (Å²) in [6, 6.07) is -0.562. The molecule has 2 amide bonds. The Hall–Kier alpha value is -1.30. The fourth-order valence-electron chi connectivity index (χ4n) is 2.36. The average molecular weight is 285 g/mol. The lowest BCUT2D eigenvalue weighted by Crippen LogP contribution is -2.56. The second-order valence-corrected chi connectivity index (χ2v) is 5.79. The molecule has 2 atom stereocenters. The van der Waals surface area contributed by atoms with E-state index in [1.54, 1.807) is 18.7 Å². The van der Waals surface area contributed by atoms with Crippen LogP contribution in [0, 0.1) is 5.92 Å². The Kier molecular flexibility index (Phi) is 6.26. The molecule has 0 saturated carbocycles. The van der Waals surface area contributed by atoms with Gasteiger partial charge in [0.25, 0.3) is 0 Å². The van der Waals surface area contributed by atoms with Crippen LogP contribution in [0.2, 0.25) is 0 Å². The number of urea groups is 1. The molecule has 1 aliphatic rings. The number of hydrogen-bond acceptors (Lipinski definition) is 3. The van der Waals surface area contributed by atoms with Gasteiger partial charge in [0.1, 0.15) is 6.04 Å². The molecule has 0 aliphatic carbocycles. The molecule has 6 heteroatoms. The Balaban J connectivity index is 2.48. The number of rotatable bonds is 5. The zero-order chi connectivity index (χ0) is 15.3. The third kappa shape index (κ3) is 4.37. The largest absolute Gasteiger partial charge is 0.480 e. The minimum Gasteiger partial charge on any atom is -0.480 e. The molecule has 0 aromatic rings. The van der Waals surface area contributed by atoms with Crippen LogP contribution in [0.5, 0.6) is 0 Å². The van der Waals surface area contributed by atoms with Crippen LogP contribution >= 0.6 is 0 Å². The summed E-state index contributed by atoms with van der Waals surface area (Å²) in [6.45, 7) is 10.9. The number of piperazine rings is 1. The van der Waals surface area contributed by atoms with Crippen molar-refractivity contribution in [3.8, 4) is 0 Å². The molecule has 0 bridgehead atoms. The van der Waals surface area contributed by atoms with Gasteiger partial charge in [-0.15, -0.1) is 0 Å². The van der Waals surface area contributed by atoms with Gasteiger partial charge in [-0.1, -0.05) is 20.8 Å². The minimum atomic E-state index is -0.980. The monoisotopic (exact) mass is 285 g/mol. The summed E-state index contributed by atoms with van der Waals surface area (Å²) in [6.07, 6.45) is 1.10. The first-order valence-corrected chi connectivity index (χ1v) is 7.39. The van der Waals surface area contributed by atoms with Crippen LogP contribution in [0.3, 0.4) is 0 Å². The predicted octanol–water partition coefficient (Wildman–Crippen LogP) is 1.22. The summed E-state index contributed by atoms with van der Waals surface area (Å²) in [4.78, 5) is 27.3. The smallest absolute Gasteiger partial charge is 0.326 e. The van der Waals surface area contributed by atoms with Crippen molar-refractivity contribution >= 4 is 12.0 Å². The van der Waals surface area contributed by atoms with E-state index in [-0.39, 0.29) is 11.9 Å². The van der Waals surface area contributed by atoms with E-state index < -0.39 is 12.0 Å². The van der Waals surface area contributed by atoms with E-state index in [1.807, 2.05) is 0 Å². The van der Waals surface area contributed by atoms with E-state index >= 15 is 0 Å². The number of hydrogen-bond donors (Lipinski definition) is 2. The normalized spacial score (nSPS) is 19.8. The van der Waals surface area contributed by atoms with Gasteiger partial charge < -0.3 is 15.3 Å². The van der Waals surface area contributed by atoms with E-state index in [4.69, 9.17) is 5.11 Å². The van der Waals surface area contributed by atoms with E-state index in [9.17, 15) is 9.59 Å². The van der Waals surface area contributed by atoms with E-state index in [1.165, 1.54) is 0 Å². The third-order valence-corrected chi connectivity index (χ3v) is 4.03. The van der Waals surface area contributed by atoms with Crippen LogP contribution in [-0.2, 0) is 4.79 Å². The van der Waals surface area contributed by atoms with Crippen LogP contribution in [-0.4, -0.2) is 65.2 Å². The predicted molar refractivity (Wildman–Crippen MR) is 77.7 cm³/mol. The zero-order valence-corrected chi connectivity index (χ0v) is 12.9. The number of carbonyl (C=O) groups excluding carboxylic acids is 1. The maximum atomic E-state index is 12.1. The molecule has 1 unspecified atom stereocenters. The van der Waals surface area contributed by atoms with Gasteiger partial charge >= 0.3 is 12.0 Å². The number of carboxylic acid groups (broad SMARTS) is 1. The van der Waals surface area contributed by atoms with Crippen molar-refractivity contribution in [1.82, 2.24) is 15.1 Å². The molecule has 1 rings (SSSR count). The lowest BCUT2D eigenvalue weighted by molar-refractivity contribution is -0.140. The van der Waals surface area contributed by atoms with Gasteiger partial charge in [0, 0.05) is 32.2 Å². The van der Waals surface area contributed by atoms with Gasteiger partial charge in [-0.25, -0.2) is 9.59 Å². The fraction of sp³-hybridized carbons (Fsp3) is 0.857. The van der Waals surface area contributed by atoms with Crippen molar-refractivity contribution < 1.29 is 14.7 Å². The number of aliphatic carboxylic acids is 1. The molecule has 1 fully saturated rings. The summed E-state index contributed by atoms with van der Waals surface area (Å²) in [5.74, 6) is -1.11. The Bertz CT molecular complexity index is 339. The average Bonchev–Trinajstić information content (AvgIpc) is 2.43. The van der Waals surface area contributed by atoms with Gasteiger partial charge in [-0.2, -0.15) is 0 Å². The minimum absolute atomic E-state index is 0.127. The molecular weight excluding hydrogens is 258 g/mol. The highest BCUT2D eigenvalue weighted by atomic mass is 16.4. The zero-order valence-electron chi connectivity index (χ0n) is 12.9. The second kappa shape index (κ2) is 7.47. The summed E-state index contributed by atoms with van der Waals surface area (Å²) >= 11 is 0. The van der Waals surface area contributed by atoms with Crippen molar-refractivity contribution in [1.29, 1.82) is 0 Å². The van der Waals surface area contributed by atoms with Crippen molar-refractivity contribution in [3.63, 3.8) is 0 Å². The first-order valence-electron chi connectivity index (χ1n) is 7.39. The van der Waals surface area contributed by atoms with Crippen molar-refractivity contribution in [2.45, 2.75) is 46.2 Å². The van der Waals surface area contributed by atoms with Crippen LogP contribution in [0.4, 0.5) is 4.79 Å². The standard InChI is InChI=1S/C14H27N3O3/c1-5-11(4)16-6-8-17(9-7-16)14(20)15-12(10(2)3)13(18)19/h10-12H,5-9H2,1-4H3,(H,15,20)(H,18,19)/t11?,12-/m0/s1. The Morgan fingerprint density at radius 3 is 2.10 bits per heavy atom. The first kappa shape index (κ1) is 16.8. The summed E-state index contributed by atoms with van der Waals surface area (Å²) in [5, 5.41) is 11.7. The molecule has 0 radical (unpaired) electrons. The lowest BCUT2D eigenvalue weighted by atomic mass is 10.1. The number of nitrogens with one attached hydrogen (secondary N) is 1. The number of carboxylic acids is 1. The van der Waals surface area contributed by atoms with Crippen LogP contribution in [0.15, 0.2) is 0 Å². The quantitative estimate of drug-likeness (QED) is 0.796. The van der Waals surface area contributed by atoms with Gasteiger partial charge in [0.05, 0.1) is 0 Å². The number of amides is 2. The summed E-state index contributed by atoms with van der Waals surface area (Å²) in [5.41, 5.74) is 0. The van der Waals surface area contributed by atoms with Crippen LogP contribution in [0.1, 0.15) is 34.1 Å². The Morgan fingerprint density at radius 2 is 1.70 bits per heavy atom. The van der Waals surface area contributed by atoms with Crippen LogP contribution in [0.25, 0.3) is 0 Å². The third-order valence-electron chi connectivity index (χ3n) is 4.03. The van der Waals surface area contributed by atoms with Crippen LogP contribution < -0.4 is 5.32 Å². The number of carbonyl (C=O) groups is 2. The molecule has 0 spiro atoms. The van der Waals surface area contributed by atoms with Gasteiger partial charge in [0.15, 0.2) is 0 Å². The molecule has 20 heavy (non-hydrogen) atoms. The highest BCUT2D eigenvalue weighted by Crippen LogP contribution is 2.10. The van der Waals surface area contributed by atoms with Crippen molar-refractivity contribution in [2.24, 2.45) is 5.92 Å². The van der Waals surface area contributed by atoms with E-state index in [0.717, 1.165) is 19.5 Å². The first-order chi connectivity index (χ1) is 9.36. The maximum Gasteiger partial charge on any atom is 0.326 e. The molecule has 6 nitrogen and oxygen atoms in total. The molecule has 116 valence electrons. The summed E-state index contributed by atoms with van der Waals surface area (Å²) < 4.78 is 0. The Labute approximate surface area is 121 Å². The van der Waals surface area contributed by atoms with E-state index in [2.05, 4.69) is 24.1 Å². The van der Waals surface area contributed by atoms with Gasteiger partial charge in [0.2, 0.25) is 0 Å². The fourth-order valence-corrected chi connectivity index (χ4v) is 2.36. The molecule has 0 aromatic carbocycles.